The Morgan fingerprint density at radius 2 is 1.97 bits per heavy atom. The normalized spacial score (nSPS) is 14.2. The summed E-state index contributed by atoms with van der Waals surface area (Å²) in [7, 11) is 0. The average Bonchev–Trinajstić information content (AvgIpc) is 3.12. The van der Waals surface area contributed by atoms with E-state index in [2.05, 4.69) is 35.2 Å². The smallest absolute Gasteiger partial charge is 0.230 e. The van der Waals surface area contributed by atoms with Gasteiger partial charge in [-0.2, -0.15) is 0 Å². The zero-order chi connectivity index (χ0) is 20.4. The van der Waals surface area contributed by atoms with Crippen LogP contribution in [-0.4, -0.2) is 34.8 Å². The number of carbonyl (C=O) groups excluding carboxylic acids is 1. The van der Waals surface area contributed by atoms with Crippen molar-refractivity contribution >= 4 is 28.7 Å². The third-order valence-corrected chi connectivity index (χ3v) is 5.74. The fourth-order valence-electron chi connectivity index (χ4n) is 3.41. The van der Waals surface area contributed by atoms with E-state index in [4.69, 9.17) is 9.47 Å². The van der Waals surface area contributed by atoms with Crippen molar-refractivity contribution in [2.75, 3.05) is 19.0 Å². The molecular formula is C22H25N3O3S. The predicted molar refractivity (Wildman–Crippen MR) is 115 cm³/mol. The first-order valence-electron chi connectivity index (χ1n) is 9.77. The zero-order valence-corrected chi connectivity index (χ0v) is 17.6. The van der Waals surface area contributed by atoms with E-state index in [1.807, 2.05) is 37.3 Å². The topological polar surface area (TPSA) is 76.2 Å². The van der Waals surface area contributed by atoms with Gasteiger partial charge in [0.25, 0.3) is 0 Å². The molecule has 0 unspecified atom stereocenters. The molecule has 0 bridgehead atoms. The van der Waals surface area contributed by atoms with Gasteiger partial charge in [0.05, 0.1) is 22.8 Å². The van der Waals surface area contributed by atoms with Crippen LogP contribution in [0.3, 0.4) is 0 Å². The largest absolute Gasteiger partial charge is 0.486 e. The summed E-state index contributed by atoms with van der Waals surface area (Å²) in [6.07, 6.45) is 0. The molecule has 0 saturated heterocycles. The minimum Gasteiger partial charge on any atom is -0.486 e. The van der Waals surface area contributed by atoms with E-state index in [9.17, 15) is 4.79 Å². The van der Waals surface area contributed by atoms with E-state index in [0.29, 0.717) is 19.0 Å². The van der Waals surface area contributed by atoms with Crippen LogP contribution >= 0.6 is 11.8 Å². The highest BCUT2D eigenvalue weighted by Gasteiger charge is 2.21. The van der Waals surface area contributed by atoms with Crippen molar-refractivity contribution in [1.29, 1.82) is 0 Å². The second-order valence-corrected chi connectivity index (χ2v) is 8.51. The third-order valence-electron chi connectivity index (χ3n) is 4.86. The summed E-state index contributed by atoms with van der Waals surface area (Å²) in [5, 5.41) is 3.91. The number of nitrogens with zero attached hydrogens (tertiary/aromatic N) is 1. The number of H-pyrrole nitrogens is 1. The van der Waals surface area contributed by atoms with Crippen LogP contribution in [0.25, 0.3) is 11.0 Å². The van der Waals surface area contributed by atoms with Crippen molar-refractivity contribution in [2.24, 2.45) is 5.92 Å². The standard InChI is InChI=1S/C22H25N3O3S/c1-13(2)21(15-5-7-18-19(11-15)28-9-8-27-18)25-20(26)12-29-22-23-16-6-4-14(3)10-17(16)24-22/h4-7,10-11,13,21H,8-9,12H2,1-3H3,(H,23,24)(H,25,26)/t21-/m1/s1. The molecule has 1 amide bonds. The Kier molecular flexibility index (Phi) is 5.67. The van der Waals surface area contributed by atoms with Gasteiger partial charge < -0.3 is 19.8 Å². The summed E-state index contributed by atoms with van der Waals surface area (Å²) in [4.78, 5) is 20.5. The van der Waals surface area contributed by atoms with Gasteiger partial charge in [0, 0.05) is 0 Å². The number of rotatable bonds is 6. The number of amides is 1. The van der Waals surface area contributed by atoms with Gasteiger partial charge in [-0.15, -0.1) is 0 Å². The van der Waals surface area contributed by atoms with Crippen LogP contribution in [0.4, 0.5) is 0 Å². The Bertz CT molecular complexity index is 1030. The fraction of sp³-hybridized carbons (Fsp3) is 0.364. The molecule has 0 fully saturated rings. The van der Waals surface area contributed by atoms with Crippen LogP contribution in [0, 0.1) is 12.8 Å². The highest BCUT2D eigenvalue weighted by atomic mass is 32.2. The minimum absolute atomic E-state index is 0.0276. The Balaban J connectivity index is 1.42. The van der Waals surface area contributed by atoms with Gasteiger partial charge in [-0.05, 0) is 48.2 Å². The van der Waals surface area contributed by atoms with Gasteiger partial charge in [0.1, 0.15) is 13.2 Å². The highest BCUT2D eigenvalue weighted by molar-refractivity contribution is 7.99. The molecule has 152 valence electrons. The molecular weight excluding hydrogens is 386 g/mol. The van der Waals surface area contributed by atoms with Crippen LogP contribution in [-0.2, 0) is 4.79 Å². The number of benzene rings is 2. The van der Waals surface area contributed by atoms with Crippen molar-refractivity contribution in [3.8, 4) is 11.5 Å². The lowest BCUT2D eigenvalue weighted by Crippen LogP contribution is -2.33. The summed E-state index contributed by atoms with van der Waals surface area (Å²) in [5.41, 5.74) is 4.09. The summed E-state index contributed by atoms with van der Waals surface area (Å²) in [6.45, 7) is 7.34. The van der Waals surface area contributed by atoms with E-state index in [1.54, 1.807) is 0 Å². The monoisotopic (exact) mass is 411 g/mol. The van der Waals surface area contributed by atoms with Crippen LogP contribution in [0.2, 0.25) is 0 Å². The Morgan fingerprint density at radius 1 is 1.17 bits per heavy atom. The molecule has 2 aromatic carbocycles. The molecule has 0 aliphatic carbocycles. The molecule has 0 spiro atoms. The van der Waals surface area contributed by atoms with Crippen LogP contribution in [0.15, 0.2) is 41.6 Å². The zero-order valence-electron chi connectivity index (χ0n) is 16.8. The number of imidazole rings is 1. The number of aryl methyl sites for hydroxylation is 1. The molecule has 2 heterocycles. The first-order chi connectivity index (χ1) is 14.0. The van der Waals surface area contributed by atoms with E-state index in [1.165, 1.54) is 17.3 Å². The molecule has 1 aromatic heterocycles. The van der Waals surface area contributed by atoms with E-state index >= 15 is 0 Å². The van der Waals surface area contributed by atoms with Crippen molar-refractivity contribution in [2.45, 2.75) is 32.0 Å². The first kappa shape index (κ1) is 19.6. The highest BCUT2D eigenvalue weighted by Crippen LogP contribution is 2.34. The maximum Gasteiger partial charge on any atom is 0.230 e. The molecule has 3 aromatic rings. The number of aromatic amines is 1. The maximum atomic E-state index is 12.6. The van der Waals surface area contributed by atoms with E-state index in [0.717, 1.165) is 33.3 Å². The molecule has 6 nitrogen and oxygen atoms in total. The third kappa shape index (κ3) is 4.50. The van der Waals surface area contributed by atoms with Gasteiger partial charge in [-0.25, -0.2) is 4.98 Å². The molecule has 1 aliphatic heterocycles. The van der Waals surface area contributed by atoms with Crippen molar-refractivity contribution in [3.05, 3.63) is 47.5 Å². The van der Waals surface area contributed by atoms with Crippen molar-refractivity contribution in [1.82, 2.24) is 15.3 Å². The van der Waals surface area contributed by atoms with Crippen LogP contribution in [0.1, 0.15) is 31.0 Å². The number of aromatic nitrogens is 2. The summed E-state index contributed by atoms with van der Waals surface area (Å²) in [5.74, 6) is 2.00. The Hall–Kier alpha value is -2.67. The minimum atomic E-state index is -0.0998. The van der Waals surface area contributed by atoms with E-state index in [-0.39, 0.29) is 17.9 Å². The maximum absolute atomic E-state index is 12.6. The van der Waals surface area contributed by atoms with Crippen LogP contribution < -0.4 is 14.8 Å². The molecule has 1 aliphatic rings. The predicted octanol–water partition coefficient (Wildman–Crippen LogP) is 4.25. The average molecular weight is 412 g/mol. The lowest BCUT2D eigenvalue weighted by Gasteiger charge is -2.25. The molecule has 0 saturated carbocycles. The molecule has 0 radical (unpaired) electrons. The first-order valence-corrected chi connectivity index (χ1v) is 10.8. The summed E-state index contributed by atoms with van der Waals surface area (Å²) < 4.78 is 11.3. The van der Waals surface area contributed by atoms with Crippen molar-refractivity contribution in [3.63, 3.8) is 0 Å². The second kappa shape index (κ2) is 8.37. The molecule has 7 heteroatoms. The number of hydrogen-bond acceptors (Lipinski definition) is 5. The van der Waals surface area contributed by atoms with Gasteiger partial charge >= 0.3 is 0 Å². The number of hydrogen-bond donors (Lipinski definition) is 2. The van der Waals surface area contributed by atoms with Gasteiger partial charge in [-0.3, -0.25) is 4.79 Å². The number of nitrogens with one attached hydrogen (secondary N) is 2. The Labute approximate surface area is 174 Å². The number of thioether (sulfide) groups is 1. The molecule has 4 rings (SSSR count). The quantitative estimate of drug-likeness (QED) is 0.593. The fourth-order valence-corrected chi connectivity index (χ4v) is 4.10. The number of ether oxygens (including phenoxy) is 2. The molecule has 2 N–H and O–H groups in total. The van der Waals surface area contributed by atoms with E-state index < -0.39 is 0 Å². The lowest BCUT2D eigenvalue weighted by atomic mass is 9.95. The summed E-state index contributed by atoms with van der Waals surface area (Å²) >= 11 is 1.41. The Morgan fingerprint density at radius 3 is 2.76 bits per heavy atom. The number of fused-ring (bicyclic) bond motifs is 2. The van der Waals surface area contributed by atoms with Crippen molar-refractivity contribution < 1.29 is 14.3 Å². The van der Waals surface area contributed by atoms with Gasteiger partial charge in [0.15, 0.2) is 16.7 Å². The SMILES string of the molecule is Cc1ccc2nc(SCC(=O)N[C@@H](c3ccc4c(c3)OCCO4)C(C)C)[nH]c2c1. The second-order valence-electron chi connectivity index (χ2n) is 7.54. The van der Waals surface area contributed by atoms with Gasteiger partial charge in [0.2, 0.25) is 5.91 Å². The molecule has 29 heavy (non-hydrogen) atoms. The number of carbonyl (C=O) groups is 1. The van der Waals surface area contributed by atoms with Crippen LogP contribution in [0.5, 0.6) is 11.5 Å². The summed E-state index contributed by atoms with van der Waals surface area (Å²) in [6, 6.07) is 11.9. The lowest BCUT2D eigenvalue weighted by molar-refractivity contribution is -0.119. The van der Waals surface area contributed by atoms with Gasteiger partial charge in [-0.1, -0.05) is 37.7 Å². The molecule has 1 atom stereocenters.